The molecule has 0 atom stereocenters. The molecule has 116 valence electrons. The Labute approximate surface area is 129 Å². The van der Waals surface area contributed by atoms with Gasteiger partial charge in [-0.25, -0.2) is 0 Å². The Morgan fingerprint density at radius 1 is 1.14 bits per heavy atom. The summed E-state index contributed by atoms with van der Waals surface area (Å²) in [5.74, 6) is 0. The molecule has 0 aromatic heterocycles. The molecule has 0 bridgehead atoms. The highest BCUT2D eigenvalue weighted by Gasteiger charge is 2.26. The van der Waals surface area contributed by atoms with Crippen LogP contribution in [0.3, 0.4) is 0 Å². The molecule has 2 heteroatoms. The first-order chi connectivity index (χ1) is 10.1. The molecule has 0 spiro atoms. The number of hydrogen-bond acceptors (Lipinski definition) is 2. The number of nitrogens with one attached hydrogen (secondary N) is 1. The fourth-order valence-electron chi connectivity index (χ4n) is 3.74. The van der Waals surface area contributed by atoms with Gasteiger partial charge in [0.2, 0.25) is 0 Å². The van der Waals surface area contributed by atoms with Gasteiger partial charge in [-0.1, -0.05) is 26.0 Å². The number of anilines is 1. The Bertz CT molecular complexity index is 450. The molecule has 1 saturated heterocycles. The Balaban J connectivity index is 1.56. The first-order valence-electron chi connectivity index (χ1n) is 8.69. The van der Waals surface area contributed by atoms with Gasteiger partial charge < -0.3 is 5.32 Å². The van der Waals surface area contributed by atoms with E-state index in [1.807, 2.05) is 0 Å². The molecule has 2 nitrogen and oxygen atoms in total. The summed E-state index contributed by atoms with van der Waals surface area (Å²) in [7, 11) is 0. The minimum atomic E-state index is 0.551. The van der Waals surface area contributed by atoms with Crippen LogP contribution in [0.2, 0.25) is 0 Å². The van der Waals surface area contributed by atoms with Crippen LogP contribution in [-0.2, 0) is 6.54 Å². The summed E-state index contributed by atoms with van der Waals surface area (Å²) >= 11 is 0. The molecule has 0 unspecified atom stereocenters. The molecule has 1 aromatic carbocycles. The van der Waals surface area contributed by atoms with Gasteiger partial charge in [-0.15, -0.1) is 0 Å². The van der Waals surface area contributed by atoms with Crippen molar-refractivity contribution in [1.29, 1.82) is 0 Å². The van der Waals surface area contributed by atoms with Crippen molar-refractivity contribution in [3.05, 3.63) is 29.8 Å². The van der Waals surface area contributed by atoms with Crippen LogP contribution >= 0.6 is 0 Å². The van der Waals surface area contributed by atoms with Gasteiger partial charge in [-0.3, -0.25) is 4.90 Å². The maximum atomic E-state index is 3.77. The van der Waals surface area contributed by atoms with Gasteiger partial charge in [0.15, 0.2) is 0 Å². The zero-order valence-corrected chi connectivity index (χ0v) is 13.7. The van der Waals surface area contributed by atoms with E-state index in [2.05, 4.69) is 48.3 Å². The van der Waals surface area contributed by atoms with Gasteiger partial charge in [0.1, 0.15) is 0 Å². The number of hydrogen-bond donors (Lipinski definition) is 1. The monoisotopic (exact) mass is 286 g/mol. The third-order valence-electron chi connectivity index (χ3n) is 5.24. The number of likely N-dealkylation sites (tertiary alicyclic amines) is 1. The topological polar surface area (TPSA) is 15.3 Å². The van der Waals surface area contributed by atoms with E-state index in [-0.39, 0.29) is 0 Å². The van der Waals surface area contributed by atoms with E-state index in [4.69, 9.17) is 0 Å². The fraction of sp³-hybridized carbons (Fsp3) is 0.684. The minimum absolute atomic E-state index is 0.551. The molecule has 1 heterocycles. The van der Waals surface area contributed by atoms with Crippen molar-refractivity contribution in [2.24, 2.45) is 5.41 Å². The molecule has 2 aliphatic rings. The van der Waals surface area contributed by atoms with E-state index in [1.165, 1.54) is 62.9 Å². The molecule has 1 aliphatic heterocycles. The maximum absolute atomic E-state index is 3.77. The van der Waals surface area contributed by atoms with E-state index < -0.39 is 0 Å². The second kappa shape index (κ2) is 6.39. The molecule has 1 aromatic rings. The SMILES string of the molecule is CC1(C)CCC(Nc2cccc(CN3CCCC3)c2)CC1. The lowest BCUT2D eigenvalue weighted by Gasteiger charge is -2.35. The smallest absolute Gasteiger partial charge is 0.0345 e. The lowest BCUT2D eigenvalue weighted by atomic mass is 9.75. The van der Waals surface area contributed by atoms with Gasteiger partial charge in [-0.2, -0.15) is 0 Å². The quantitative estimate of drug-likeness (QED) is 0.865. The molecule has 1 saturated carbocycles. The van der Waals surface area contributed by atoms with E-state index in [0.717, 1.165) is 6.54 Å². The van der Waals surface area contributed by atoms with Gasteiger partial charge in [0.05, 0.1) is 0 Å². The molecule has 2 fully saturated rings. The molecule has 1 aliphatic carbocycles. The molecular weight excluding hydrogens is 256 g/mol. The summed E-state index contributed by atoms with van der Waals surface area (Å²) in [5.41, 5.74) is 3.32. The predicted octanol–water partition coefficient (Wildman–Crippen LogP) is 4.66. The fourth-order valence-corrected chi connectivity index (χ4v) is 3.74. The second-order valence-electron chi connectivity index (χ2n) is 7.77. The second-order valence-corrected chi connectivity index (χ2v) is 7.77. The summed E-state index contributed by atoms with van der Waals surface area (Å²) in [4.78, 5) is 2.57. The van der Waals surface area contributed by atoms with E-state index in [0.29, 0.717) is 11.5 Å². The Morgan fingerprint density at radius 2 is 1.86 bits per heavy atom. The largest absolute Gasteiger partial charge is 0.382 e. The summed E-state index contributed by atoms with van der Waals surface area (Å²) in [6.45, 7) is 8.47. The minimum Gasteiger partial charge on any atom is -0.382 e. The van der Waals surface area contributed by atoms with Gasteiger partial charge in [-0.05, 0) is 74.7 Å². The molecule has 1 N–H and O–H groups in total. The molecular formula is C19H30N2. The highest BCUT2D eigenvalue weighted by atomic mass is 15.1. The summed E-state index contributed by atoms with van der Waals surface area (Å²) in [6.07, 6.45) is 8.05. The van der Waals surface area contributed by atoms with Crippen molar-refractivity contribution in [3.63, 3.8) is 0 Å². The standard InChI is InChI=1S/C19H30N2/c1-19(2)10-8-17(9-11-19)20-18-7-5-6-16(14-18)15-21-12-3-4-13-21/h5-7,14,17,20H,3-4,8-13,15H2,1-2H3. The lowest BCUT2D eigenvalue weighted by molar-refractivity contribution is 0.232. The van der Waals surface area contributed by atoms with Crippen molar-refractivity contribution in [2.75, 3.05) is 18.4 Å². The van der Waals surface area contributed by atoms with E-state index in [9.17, 15) is 0 Å². The molecule has 0 amide bonds. The van der Waals surface area contributed by atoms with Crippen molar-refractivity contribution >= 4 is 5.69 Å². The lowest BCUT2D eigenvalue weighted by Crippen LogP contribution is -2.29. The van der Waals surface area contributed by atoms with E-state index in [1.54, 1.807) is 0 Å². The van der Waals surface area contributed by atoms with Crippen LogP contribution in [0.4, 0.5) is 5.69 Å². The predicted molar refractivity (Wildman–Crippen MR) is 90.6 cm³/mol. The first kappa shape index (κ1) is 14.9. The van der Waals surface area contributed by atoms with Crippen LogP contribution in [0.15, 0.2) is 24.3 Å². The Hall–Kier alpha value is -1.02. The molecule has 21 heavy (non-hydrogen) atoms. The highest BCUT2D eigenvalue weighted by Crippen LogP contribution is 2.36. The maximum Gasteiger partial charge on any atom is 0.0345 e. The van der Waals surface area contributed by atoms with Crippen molar-refractivity contribution in [1.82, 2.24) is 4.90 Å². The molecule has 3 rings (SSSR count). The van der Waals surface area contributed by atoms with Crippen LogP contribution in [0.5, 0.6) is 0 Å². The first-order valence-corrected chi connectivity index (χ1v) is 8.69. The Morgan fingerprint density at radius 3 is 2.57 bits per heavy atom. The summed E-state index contributed by atoms with van der Waals surface area (Å²) < 4.78 is 0. The third-order valence-corrected chi connectivity index (χ3v) is 5.24. The van der Waals surface area contributed by atoms with Gasteiger partial charge in [0.25, 0.3) is 0 Å². The zero-order valence-electron chi connectivity index (χ0n) is 13.7. The average Bonchev–Trinajstić information content (AvgIpc) is 2.95. The number of benzene rings is 1. The van der Waals surface area contributed by atoms with Crippen LogP contribution in [0.25, 0.3) is 0 Å². The van der Waals surface area contributed by atoms with Gasteiger partial charge in [0, 0.05) is 18.3 Å². The van der Waals surface area contributed by atoms with Crippen LogP contribution in [0, 0.1) is 5.41 Å². The van der Waals surface area contributed by atoms with Gasteiger partial charge >= 0.3 is 0 Å². The summed E-state index contributed by atoms with van der Waals surface area (Å²) in [6, 6.07) is 9.74. The van der Waals surface area contributed by atoms with Crippen molar-refractivity contribution < 1.29 is 0 Å². The van der Waals surface area contributed by atoms with Crippen molar-refractivity contribution in [2.45, 2.75) is 65.0 Å². The van der Waals surface area contributed by atoms with Crippen molar-refractivity contribution in [3.8, 4) is 0 Å². The highest BCUT2D eigenvalue weighted by molar-refractivity contribution is 5.46. The Kier molecular flexibility index (Phi) is 4.54. The number of nitrogens with zero attached hydrogens (tertiary/aromatic N) is 1. The normalized spacial score (nSPS) is 23.3. The molecule has 0 radical (unpaired) electrons. The van der Waals surface area contributed by atoms with E-state index >= 15 is 0 Å². The van der Waals surface area contributed by atoms with Crippen LogP contribution < -0.4 is 5.32 Å². The number of rotatable bonds is 4. The van der Waals surface area contributed by atoms with Crippen LogP contribution in [0.1, 0.15) is 57.9 Å². The summed E-state index contributed by atoms with van der Waals surface area (Å²) in [5, 5.41) is 3.77. The zero-order chi connectivity index (χ0) is 14.7. The van der Waals surface area contributed by atoms with Crippen LogP contribution in [-0.4, -0.2) is 24.0 Å². The average molecular weight is 286 g/mol. The third kappa shape index (κ3) is 4.23.